The summed E-state index contributed by atoms with van der Waals surface area (Å²) in [7, 11) is -3.51. The van der Waals surface area contributed by atoms with Crippen molar-refractivity contribution in [3.63, 3.8) is 0 Å². The summed E-state index contributed by atoms with van der Waals surface area (Å²) in [5.41, 5.74) is 1.50. The third-order valence-electron chi connectivity index (χ3n) is 2.48. The van der Waals surface area contributed by atoms with E-state index in [1.54, 1.807) is 18.5 Å². The molecule has 0 aliphatic heterocycles. The van der Waals surface area contributed by atoms with Gasteiger partial charge in [0.1, 0.15) is 5.82 Å². The summed E-state index contributed by atoms with van der Waals surface area (Å²) in [5.74, 6) is -0.623. The number of halogens is 1. The number of aromatic nitrogens is 1. The van der Waals surface area contributed by atoms with Crippen molar-refractivity contribution in [2.24, 2.45) is 0 Å². The molecule has 0 saturated heterocycles. The van der Waals surface area contributed by atoms with Gasteiger partial charge in [0.05, 0.1) is 11.9 Å². The molecule has 2 rings (SSSR count). The number of hydrogen-bond donors (Lipinski definition) is 2. The number of benzene rings is 1. The molecule has 5 nitrogen and oxygen atoms in total. The summed E-state index contributed by atoms with van der Waals surface area (Å²) in [6, 6.07) is 7.88. The maximum Gasteiger partial charge on any atom is 0.229 e. The summed E-state index contributed by atoms with van der Waals surface area (Å²) < 4.78 is 37.9. The van der Waals surface area contributed by atoms with E-state index in [1.165, 1.54) is 12.1 Å². The Labute approximate surface area is 116 Å². The second kappa shape index (κ2) is 5.87. The van der Waals surface area contributed by atoms with Crippen LogP contribution < -0.4 is 10.0 Å². The van der Waals surface area contributed by atoms with Gasteiger partial charge in [-0.1, -0.05) is 6.07 Å². The van der Waals surface area contributed by atoms with Crippen LogP contribution in [0.15, 0.2) is 42.7 Å². The molecule has 1 heterocycles. The van der Waals surface area contributed by atoms with Crippen LogP contribution in [-0.2, 0) is 16.6 Å². The van der Waals surface area contributed by atoms with Crippen LogP contribution in [0.3, 0.4) is 0 Å². The Bertz CT molecular complexity index is 690. The minimum Gasteiger partial charge on any atom is -0.381 e. The molecule has 0 radical (unpaired) electrons. The lowest BCUT2D eigenvalue weighted by molar-refractivity contribution is 0.604. The smallest absolute Gasteiger partial charge is 0.229 e. The Hall–Kier alpha value is -2.15. The zero-order valence-electron chi connectivity index (χ0n) is 10.8. The molecular formula is C13H14FN3O2S. The third-order valence-corrected chi connectivity index (χ3v) is 3.07. The Morgan fingerprint density at radius 3 is 2.75 bits per heavy atom. The molecule has 2 N–H and O–H groups in total. The maximum atomic E-state index is 13.5. The third kappa shape index (κ3) is 4.20. The van der Waals surface area contributed by atoms with E-state index in [0.717, 1.165) is 11.8 Å². The zero-order valence-corrected chi connectivity index (χ0v) is 11.6. The highest BCUT2D eigenvalue weighted by Gasteiger charge is 2.08. The molecule has 0 amide bonds. The Morgan fingerprint density at radius 2 is 2.10 bits per heavy atom. The fourth-order valence-electron chi connectivity index (χ4n) is 1.62. The highest BCUT2D eigenvalue weighted by atomic mass is 32.2. The molecule has 0 aliphatic carbocycles. The Morgan fingerprint density at radius 1 is 1.30 bits per heavy atom. The van der Waals surface area contributed by atoms with Crippen LogP contribution in [0, 0.1) is 5.82 Å². The van der Waals surface area contributed by atoms with Gasteiger partial charge in [-0.3, -0.25) is 9.71 Å². The highest BCUT2D eigenvalue weighted by molar-refractivity contribution is 7.92. The lowest BCUT2D eigenvalue weighted by atomic mass is 10.2. The molecule has 7 heteroatoms. The molecule has 0 aliphatic rings. The van der Waals surface area contributed by atoms with E-state index >= 15 is 0 Å². The van der Waals surface area contributed by atoms with Crippen LogP contribution in [-0.4, -0.2) is 19.7 Å². The van der Waals surface area contributed by atoms with Crippen LogP contribution in [0.2, 0.25) is 0 Å². The van der Waals surface area contributed by atoms with Gasteiger partial charge in [-0.15, -0.1) is 0 Å². The molecule has 0 atom stereocenters. The summed E-state index contributed by atoms with van der Waals surface area (Å²) in [5, 5.41) is 3.07. The molecule has 1 aromatic heterocycles. The first-order valence-corrected chi connectivity index (χ1v) is 7.73. The lowest BCUT2D eigenvalue weighted by Gasteiger charge is -2.10. The van der Waals surface area contributed by atoms with E-state index in [9.17, 15) is 12.8 Å². The van der Waals surface area contributed by atoms with Gasteiger partial charge >= 0.3 is 0 Å². The van der Waals surface area contributed by atoms with Crippen molar-refractivity contribution in [1.29, 1.82) is 0 Å². The molecule has 20 heavy (non-hydrogen) atoms. The molecule has 106 valence electrons. The van der Waals surface area contributed by atoms with Crippen LogP contribution in [0.4, 0.5) is 15.8 Å². The lowest BCUT2D eigenvalue weighted by Crippen LogP contribution is -2.11. The van der Waals surface area contributed by atoms with E-state index in [1.807, 2.05) is 12.1 Å². The minimum atomic E-state index is -3.51. The number of sulfonamides is 1. The van der Waals surface area contributed by atoms with Crippen LogP contribution in [0.1, 0.15) is 5.56 Å². The van der Waals surface area contributed by atoms with Gasteiger partial charge in [-0.2, -0.15) is 0 Å². The standard InChI is InChI=1S/C13H14FN3O2S/c1-20(18,19)17-13-7-11(4-5-12(13)14)16-9-10-3-2-6-15-8-10/h2-8,16-17H,9H2,1H3. The number of nitrogens with zero attached hydrogens (tertiary/aromatic N) is 1. The highest BCUT2D eigenvalue weighted by Crippen LogP contribution is 2.21. The van der Waals surface area contributed by atoms with Crippen molar-refractivity contribution in [3.8, 4) is 0 Å². The second-order valence-electron chi connectivity index (χ2n) is 4.28. The average molecular weight is 295 g/mol. The van der Waals surface area contributed by atoms with Crippen molar-refractivity contribution < 1.29 is 12.8 Å². The van der Waals surface area contributed by atoms with Crippen molar-refractivity contribution >= 4 is 21.4 Å². The van der Waals surface area contributed by atoms with Crippen LogP contribution >= 0.6 is 0 Å². The van der Waals surface area contributed by atoms with Crippen molar-refractivity contribution in [2.75, 3.05) is 16.3 Å². The minimum absolute atomic E-state index is 0.0799. The van der Waals surface area contributed by atoms with E-state index in [2.05, 4.69) is 15.0 Å². The topological polar surface area (TPSA) is 71.1 Å². The average Bonchev–Trinajstić information content (AvgIpc) is 2.39. The summed E-state index contributed by atoms with van der Waals surface area (Å²) >= 11 is 0. The predicted octanol–water partition coefficient (Wildman–Crippen LogP) is 2.20. The molecule has 0 fully saturated rings. The summed E-state index contributed by atoms with van der Waals surface area (Å²) in [6.07, 6.45) is 4.36. The van der Waals surface area contributed by atoms with Gasteiger partial charge in [0.25, 0.3) is 0 Å². The second-order valence-corrected chi connectivity index (χ2v) is 6.03. The number of anilines is 2. The number of nitrogens with one attached hydrogen (secondary N) is 2. The largest absolute Gasteiger partial charge is 0.381 e. The molecule has 2 aromatic rings. The first-order chi connectivity index (χ1) is 9.44. The fraction of sp³-hybridized carbons (Fsp3) is 0.154. The van der Waals surface area contributed by atoms with E-state index in [0.29, 0.717) is 12.2 Å². The van der Waals surface area contributed by atoms with Gasteiger partial charge in [0.2, 0.25) is 10.0 Å². The van der Waals surface area contributed by atoms with Gasteiger partial charge in [0, 0.05) is 24.6 Å². The van der Waals surface area contributed by atoms with Gasteiger partial charge < -0.3 is 5.32 Å². The molecule has 0 bridgehead atoms. The van der Waals surface area contributed by atoms with Gasteiger partial charge in [0.15, 0.2) is 0 Å². The SMILES string of the molecule is CS(=O)(=O)Nc1cc(NCc2cccnc2)ccc1F. The molecular weight excluding hydrogens is 281 g/mol. The molecule has 0 spiro atoms. The molecule has 0 unspecified atom stereocenters. The van der Waals surface area contributed by atoms with E-state index in [4.69, 9.17) is 0 Å². The van der Waals surface area contributed by atoms with Crippen LogP contribution in [0.5, 0.6) is 0 Å². The summed E-state index contributed by atoms with van der Waals surface area (Å²) in [4.78, 5) is 3.99. The summed E-state index contributed by atoms with van der Waals surface area (Å²) in [6.45, 7) is 0.512. The van der Waals surface area contributed by atoms with Crippen molar-refractivity contribution in [1.82, 2.24) is 4.98 Å². The predicted molar refractivity (Wildman–Crippen MR) is 76.4 cm³/mol. The first kappa shape index (κ1) is 14.3. The van der Waals surface area contributed by atoms with Gasteiger partial charge in [-0.05, 0) is 29.8 Å². The monoisotopic (exact) mass is 295 g/mol. The van der Waals surface area contributed by atoms with E-state index < -0.39 is 15.8 Å². The quantitative estimate of drug-likeness (QED) is 0.887. The molecule has 0 saturated carbocycles. The normalized spacial score (nSPS) is 11.1. The van der Waals surface area contributed by atoms with Gasteiger partial charge in [-0.25, -0.2) is 12.8 Å². The maximum absolute atomic E-state index is 13.5. The Balaban J connectivity index is 2.11. The number of pyridine rings is 1. The number of rotatable bonds is 5. The van der Waals surface area contributed by atoms with Crippen molar-refractivity contribution in [3.05, 3.63) is 54.1 Å². The first-order valence-electron chi connectivity index (χ1n) is 5.84. The molecule has 1 aromatic carbocycles. The fourth-order valence-corrected chi connectivity index (χ4v) is 2.18. The number of hydrogen-bond acceptors (Lipinski definition) is 4. The van der Waals surface area contributed by atoms with E-state index in [-0.39, 0.29) is 5.69 Å². The van der Waals surface area contributed by atoms with Crippen LogP contribution in [0.25, 0.3) is 0 Å². The zero-order chi connectivity index (χ0) is 14.6. The van der Waals surface area contributed by atoms with Crippen molar-refractivity contribution in [2.45, 2.75) is 6.54 Å². The Kier molecular flexibility index (Phi) is 4.19.